The van der Waals surface area contributed by atoms with Gasteiger partial charge >= 0.3 is 0 Å². The fraction of sp³-hybridized carbons (Fsp3) is 0.357. The number of amides is 1. The van der Waals surface area contributed by atoms with Gasteiger partial charge in [0.25, 0.3) is 0 Å². The van der Waals surface area contributed by atoms with Gasteiger partial charge in [0.05, 0.1) is 5.75 Å². The third-order valence-electron chi connectivity index (χ3n) is 2.87. The number of nitrogens with one attached hydrogen (secondary N) is 1. The van der Waals surface area contributed by atoms with Crippen molar-refractivity contribution in [2.24, 2.45) is 0 Å². The molecular weight excluding hydrogens is 286 g/mol. The Balaban J connectivity index is 1.91. The largest absolute Gasteiger partial charge is 0.336 e. The molecule has 3 N–H and O–H groups in total. The summed E-state index contributed by atoms with van der Waals surface area (Å²) in [6.45, 7) is 5.99. The van der Waals surface area contributed by atoms with E-state index in [-0.39, 0.29) is 17.6 Å². The average Bonchev–Trinajstić information content (AvgIpc) is 2.80. The van der Waals surface area contributed by atoms with Crippen LogP contribution in [0.3, 0.4) is 0 Å². The lowest BCUT2D eigenvalue weighted by Crippen LogP contribution is -2.17. The zero-order valence-corrected chi connectivity index (χ0v) is 13.1. The fourth-order valence-corrected chi connectivity index (χ4v) is 2.41. The number of benzene rings is 1. The number of hydrogen-bond donors (Lipinski definition) is 2. The van der Waals surface area contributed by atoms with Gasteiger partial charge in [-0.15, -0.1) is 10.2 Å². The molecule has 2 aromatic rings. The lowest BCUT2D eigenvalue weighted by molar-refractivity contribution is -0.113. The third-order valence-corrected chi connectivity index (χ3v) is 3.82. The van der Waals surface area contributed by atoms with E-state index in [1.807, 2.05) is 45.0 Å². The Bertz CT molecular complexity index is 621. The number of carbonyl (C=O) groups is 1. The van der Waals surface area contributed by atoms with Crippen LogP contribution in [0.1, 0.15) is 31.2 Å². The zero-order valence-electron chi connectivity index (χ0n) is 12.3. The van der Waals surface area contributed by atoms with Gasteiger partial charge in [0.15, 0.2) is 5.82 Å². The van der Waals surface area contributed by atoms with Crippen molar-refractivity contribution in [2.45, 2.75) is 31.8 Å². The van der Waals surface area contributed by atoms with Crippen molar-refractivity contribution in [1.82, 2.24) is 14.9 Å². The molecule has 0 fully saturated rings. The first-order valence-electron chi connectivity index (χ1n) is 6.67. The summed E-state index contributed by atoms with van der Waals surface area (Å²) in [6.07, 6.45) is 0. The second-order valence-corrected chi connectivity index (χ2v) is 6.01. The van der Waals surface area contributed by atoms with E-state index in [1.54, 1.807) is 0 Å². The average molecular weight is 305 g/mol. The van der Waals surface area contributed by atoms with E-state index >= 15 is 0 Å². The smallest absolute Gasteiger partial charge is 0.234 e. The van der Waals surface area contributed by atoms with Gasteiger partial charge in [-0.3, -0.25) is 4.79 Å². The van der Waals surface area contributed by atoms with E-state index in [1.165, 1.54) is 16.4 Å². The van der Waals surface area contributed by atoms with E-state index in [0.717, 1.165) is 11.3 Å². The molecule has 0 radical (unpaired) electrons. The van der Waals surface area contributed by atoms with E-state index in [0.29, 0.717) is 11.0 Å². The molecule has 21 heavy (non-hydrogen) atoms. The summed E-state index contributed by atoms with van der Waals surface area (Å²) >= 11 is 1.27. The van der Waals surface area contributed by atoms with Crippen LogP contribution in [0.4, 0.5) is 5.69 Å². The van der Waals surface area contributed by atoms with Crippen molar-refractivity contribution >= 4 is 23.4 Å². The Labute approximate surface area is 128 Å². The van der Waals surface area contributed by atoms with Gasteiger partial charge in [0, 0.05) is 11.6 Å². The number of nitrogens with two attached hydrogens (primary N) is 1. The Morgan fingerprint density at radius 3 is 2.57 bits per heavy atom. The van der Waals surface area contributed by atoms with Gasteiger partial charge in [-0.2, -0.15) is 0 Å². The molecule has 1 aromatic carbocycles. The third kappa shape index (κ3) is 3.98. The molecule has 0 aliphatic heterocycles. The Morgan fingerprint density at radius 2 is 2.00 bits per heavy atom. The predicted octanol–water partition coefficient (Wildman–Crippen LogP) is 2.15. The Kier molecular flexibility index (Phi) is 4.85. The van der Waals surface area contributed by atoms with Crippen molar-refractivity contribution in [3.63, 3.8) is 0 Å². The number of aryl methyl sites for hydroxylation is 1. The number of carbonyl (C=O) groups excluding carboxylic acids is 1. The first kappa shape index (κ1) is 15.4. The van der Waals surface area contributed by atoms with Crippen LogP contribution in [-0.2, 0) is 4.79 Å². The highest BCUT2D eigenvalue weighted by molar-refractivity contribution is 7.99. The van der Waals surface area contributed by atoms with E-state index in [2.05, 4.69) is 15.5 Å². The topological polar surface area (TPSA) is 85.8 Å². The monoisotopic (exact) mass is 305 g/mol. The SMILES string of the molecule is Cc1ccc(NC(=O)CSc2nnc(C(C)C)n2N)cc1. The molecular formula is C14H19N5OS. The maximum absolute atomic E-state index is 11.9. The maximum atomic E-state index is 11.9. The van der Waals surface area contributed by atoms with Gasteiger partial charge in [-0.05, 0) is 19.1 Å². The summed E-state index contributed by atoms with van der Waals surface area (Å²) in [6, 6.07) is 7.66. The van der Waals surface area contributed by atoms with Crippen LogP contribution in [0.15, 0.2) is 29.4 Å². The minimum atomic E-state index is -0.0991. The molecule has 0 spiro atoms. The van der Waals surface area contributed by atoms with Crippen LogP contribution >= 0.6 is 11.8 Å². The quantitative estimate of drug-likeness (QED) is 0.653. The summed E-state index contributed by atoms with van der Waals surface area (Å²) < 4.78 is 1.44. The predicted molar refractivity (Wildman–Crippen MR) is 84.8 cm³/mol. The molecule has 0 saturated heterocycles. The van der Waals surface area contributed by atoms with Gasteiger partial charge in [-0.25, -0.2) is 4.68 Å². The summed E-state index contributed by atoms with van der Waals surface area (Å²) in [5.74, 6) is 6.93. The number of hydrogen-bond acceptors (Lipinski definition) is 5. The lowest BCUT2D eigenvalue weighted by atomic mass is 10.2. The molecule has 0 aliphatic rings. The van der Waals surface area contributed by atoms with E-state index < -0.39 is 0 Å². The van der Waals surface area contributed by atoms with Crippen molar-refractivity contribution in [1.29, 1.82) is 0 Å². The minimum absolute atomic E-state index is 0.0991. The molecule has 0 bridgehead atoms. The van der Waals surface area contributed by atoms with Crippen molar-refractivity contribution in [2.75, 3.05) is 16.9 Å². The second kappa shape index (κ2) is 6.62. The normalized spacial score (nSPS) is 10.9. The number of aromatic nitrogens is 3. The number of nitrogens with zero attached hydrogens (tertiary/aromatic N) is 3. The first-order chi connectivity index (χ1) is 9.97. The van der Waals surface area contributed by atoms with Crippen molar-refractivity contribution in [3.8, 4) is 0 Å². The molecule has 1 heterocycles. The number of nitrogen functional groups attached to an aromatic ring is 1. The van der Waals surface area contributed by atoms with Gasteiger partial charge in [0.2, 0.25) is 11.1 Å². The van der Waals surface area contributed by atoms with Crippen LogP contribution in [0.25, 0.3) is 0 Å². The highest BCUT2D eigenvalue weighted by Crippen LogP contribution is 2.19. The maximum Gasteiger partial charge on any atom is 0.234 e. The highest BCUT2D eigenvalue weighted by Gasteiger charge is 2.14. The molecule has 0 unspecified atom stereocenters. The Morgan fingerprint density at radius 1 is 1.33 bits per heavy atom. The molecule has 0 aliphatic carbocycles. The summed E-state index contributed by atoms with van der Waals surface area (Å²) in [5, 5.41) is 11.4. The molecule has 112 valence electrons. The number of anilines is 1. The van der Waals surface area contributed by atoms with Gasteiger partial charge in [0.1, 0.15) is 0 Å². The molecule has 2 rings (SSSR count). The lowest BCUT2D eigenvalue weighted by Gasteiger charge is -2.06. The van der Waals surface area contributed by atoms with Crippen LogP contribution in [0, 0.1) is 6.92 Å². The minimum Gasteiger partial charge on any atom is -0.336 e. The molecule has 0 atom stereocenters. The van der Waals surface area contributed by atoms with Crippen LogP contribution in [-0.4, -0.2) is 26.5 Å². The van der Waals surface area contributed by atoms with Crippen molar-refractivity contribution in [3.05, 3.63) is 35.7 Å². The standard InChI is InChI=1S/C14H19N5OS/c1-9(2)13-17-18-14(19(13)15)21-8-12(20)16-11-6-4-10(3)5-7-11/h4-7,9H,8,15H2,1-3H3,(H,16,20). The second-order valence-electron chi connectivity index (χ2n) is 5.07. The fourth-order valence-electron chi connectivity index (χ4n) is 1.74. The highest BCUT2D eigenvalue weighted by atomic mass is 32.2. The molecule has 1 aromatic heterocycles. The number of rotatable bonds is 5. The van der Waals surface area contributed by atoms with Crippen molar-refractivity contribution < 1.29 is 4.79 Å². The summed E-state index contributed by atoms with van der Waals surface area (Å²) in [7, 11) is 0. The van der Waals surface area contributed by atoms with Crippen LogP contribution in [0.5, 0.6) is 0 Å². The van der Waals surface area contributed by atoms with Gasteiger partial charge in [-0.1, -0.05) is 43.3 Å². The molecule has 7 heteroatoms. The Hall–Kier alpha value is -2.02. The van der Waals surface area contributed by atoms with Crippen LogP contribution < -0.4 is 11.2 Å². The first-order valence-corrected chi connectivity index (χ1v) is 7.65. The van der Waals surface area contributed by atoms with Crippen LogP contribution in [0.2, 0.25) is 0 Å². The zero-order chi connectivity index (χ0) is 15.4. The molecule has 6 nitrogen and oxygen atoms in total. The molecule has 1 amide bonds. The van der Waals surface area contributed by atoms with E-state index in [4.69, 9.17) is 5.84 Å². The van der Waals surface area contributed by atoms with E-state index in [9.17, 15) is 4.79 Å². The summed E-state index contributed by atoms with van der Waals surface area (Å²) in [4.78, 5) is 11.9. The summed E-state index contributed by atoms with van der Waals surface area (Å²) in [5.41, 5.74) is 1.93. The van der Waals surface area contributed by atoms with Gasteiger partial charge < -0.3 is 11.2 Å². The number of thioether (sulfide) groups is 1. The molecule has 0 saturated carbocycles.